The van der Waals surface area contributed by atoms with Crippen LogP contribution in [-0.2, 0) is 16.1 Å². The number of hydrogen-bond donors (Lipinski definition) is 1. The van der Waals surface area contributed by atoms with Gasteiger partial charge in [-0.25, -0.2) is 5.01 Å². The number of carbonyl (C=O) groups is 3. The number of benzene rings is 2. The van der Waals surface area contributed by atoms with Gasteiger partial charge in [0.15, 0.2) is 11.5 Å². The van der Waals surface area contributed by atoms with E-state index in [1.807, 2.05) is 18.2 Å². The van der Waals surface area contributed by atoms with E-state index in [9.17, 15) is 14.4 Å². The summed E-state index contributed by atoms with van der Waals surface area (Å²) < 4.78 is 11.7. The number of Topliss-reactive ketones (excluding diaryl/α,β-unsaturated/α-hetero) is 1. The summed E-state index contributed by atoms with van der Waals surface area (Å²) in [6.07, 6.45) is 4.65. The molecule has 2 aliphatic rings. The monoisotopic (exact) mass is 481 g/mol. The Morgan fingerprint density at radius 2 is 1.85 bits per heavy atom. The van der Waals surface area contributed by atoms with E-state index >= 15 is 0 Å². The fourth-order valence-corrected chi connectivity index (χ4v) is 4.62. The van der Waals surface area contributed by atoms with Gasteiger partial charge in [-0.1, -0.05) is 23.9 Å². The molecule has 1 aliphatic heterocycles. The fraction of sp³-hybridized carbons (Fsp3) is 0.360. The predicted octanol–water partition coefficient (Wildman–Crippen LogP) is 4.62. The van der Waals surface area contributed by atoms with Crippen molar-refractivity contribution in [2.24, 2.45) is 5.10 Å². The van der Waals surface area contributed by atoms with Gasteiger partial charge in [0, 0.05) is 23.9 Å². The standard InChI is InChI=1S/C25H27N3O5S/c1-16(29)24(30)26-19-10-7-17(8-11-19)14-28-25(31)34-15-21(27-28)18-9-12-22(32-2)23(13-18)33-20-5-3-4-6-20/h7-13,20H,3-6,14-15H2,1-2H3,(H,26,30). The van der Waals surface area contributed by atoms with Crippen LogP contribution in [0.15, 0.2) is 47.6 Å². The van der Waals surface area contributed by atoms with Gasteiger partial charge in [0.2, 0.25) is 5.78 Å². The van der Waals surface area contributed by atoms with Gasteiger partial charge in [0.1, 0.15) is 0 Å². The van der Waals surface area contributed by atoms with Crippen molar-refractivity contribution in [1.29, 1.82) is 0 Å². The molecular formula is C25H27N3O5S. The summed E-state index contributed by atoms with van der Waals surface area (Å²) >= 11 is 1.20. The first-order valence-corrected chi connectivity index (χ1v) is 12.2. The Morgan fingerprint density at radius 1 is 1.12 bits per heavy atom. The summed E-state index contributed by atoms with van der Waals surface area (Å²) in [6, 6.07) is 12.7. The quantitative estimate of drug-likeness (QED) is 0.553. The van der Waals surface area contributed by atoms with Gasteiger partial charge >= 0.3 is 5.24 Å². The zero-order valence-corrected chi connectivity index (χ0v) is 20.0. The van der Waals surface area contributed by atoms with E-state index < -0.39 is 11.7 Å². The van der Waals surface area contributed by atoms with E-state index in [-0.39, 0.29) is 17.9 Å². The highest BCUT2D eigenvalue weighted by atomic mass is 32.2. The van der Waals surface area contributed by atoms with Gasteiger partial charge in [-0.05, 0) is 61.6 Å². The van der Waals surface area contributed by atoms with Gasteiger partial charge in [-0.15, -0.1) is 0 Å². The molecule has 9 heteroatoms. The number of rotatable bonds is 8. The molecule has 1 fully saturated rings. The number of nitrogens with one attached hydrogen (secondary N) is 1. The van der Waals surface area contributed by atoms with Gasteiger partial charge in [0.25, 0.3) is 5.91 Å². The SMILES string of the molecule is COc1ccc(C2=NN(Cc3ccc(NC(=O)C(C)=O)cc3)C(=O)SC2)cc1OC1CCCC1. The van der Waals surface area contributed by atoms with Crippen LogP contribution in [-0.4, -0.2) is 46.6 Å². The first kappa shape index (κ1) is 23.8. The van der Waals surface area contributed by atoms with Gasteiger partial charge in [0.05, 0.1) is 25.5 Å². The van der Waals surface area contributed by atoms with E-state index in [0.717, 1.165) is 29.7 Å². The van der Waals surface area contributed by atoms with Crippen LogP contribution in [0.2, 0.25) is 0 Å². The third kappa shape index (κ3) is 5.77. The molecule has 1 aliphatic carbocycles. The van der Waals surface area contributed by atoms with E-state index in [1.165, 1.54) is 36.5 Å². The predicted molar refractivity (Wildman–Crippen MR) is 132 cm³/mol. The normalized spacial score (nSPS) is 16.2. The molecule has 0 saturated heterocycles. The molecule has 0 spiro atoms. The molecule has 1 heterocycles. The minimum atomic E-state index is -0.666. The second kappa shape index (κ2) is 10.7. The Hall–Kier alpha value is -3.33. The highest BCUT2D eigenvalue weighted by Gasteiger charge is 2.24. The second-order valence-electron chi connectivity index (χ2n) is 8.26. The van der Waals surface area contributed by atoms with Crippen molar-refractivity contribution < 1.29 is 23.9 Å². The van der Waals surface area contributed by atoms with Crippen LogP contribution >= 0.6 is 11.8 Å². The van der Waals surface area contributed by atoms with Gasteiger partial charge in [-0.3, -0.25) is 14.4 Å². The van der Waals surface area contributed by atoms with E-state index in [0.29, 0.717) is 22.9 Å². The van der Waals surface area contributed by atoms with Crippen LogP contribution in [0.25, 0.3) is 0 Å². The highest BCUT2D eigenvalue weighted by Crippen LogP contribution is 2.33. The van der Waals surface area contributed by atoms with Crippen LogP contribution in [0.1, 0.15) is 43.7 Å². The lowest BCUT2D eigenvalue weighted by atomic mass is 10.1. The number of ketones is 1. The number of amides is 2. The molecule has 34 heavy (non-hydrogen) atoms. The van der Waals surface area contributed by atoms with E-state index in [1.54, 1.807) is 31.4 Å². The van der Waals surface area contributed by atoms with Crippen LogP contribution < -0.4 is 14.8 Å². The number of hydrogen-bond acceptors (Lipinski definition) is 7. The lowest BCUT2D eigenvalue weighted by Gasteiger charge is -2.24. The number of hydrazone groups is 1. The zero-order valence-electron chi connectivity index (χ0n) is 19.2. The molecule has 1 N–H and O–H groups in total. The molecule has 0 atom stereocenters. The average Bonchev–Trinajstić information content (AvgIpc) is 3.34. The Morgan fingerprint density at radius 3 is 2.53 bits per heavy atom. The third-order valence-corrected chi connectivity index (χ3v) is 6.62. The molecular weight excluding hydrogens is 454 g/mol. The second-order valence-corrected chi connectivity index (χ2v) is 9.18. The summed E-state index contributed by atoms with van der Waals surface area (Å²) in [7, 11) is 1.63. The first-order chi connectivity index (χ1) is 16.4. The summed E-state index contributed by atoms with van der Waals surface area (Å²) in [5, 5.41) is 8.45. The number of methoxy groups -OCH3 is 1. The van der Waals surface area contributed by atoms with Crippen molar-refractivity contribution in [3.63, 3.8) is 0 Å². The van der Waals surface area contributed by atoms with Crippen LogP contribution in [0.4, 0.5) is 10.5 Å². The molecule has 178 valence electrons. The van der Waals surface area contributed by atoms with Crippen molar-refractivity contribution in [3.8, 4) is 11.5 Å². The summed E-state index contributed by atoms with van der Waals surface area (Å²) in [6.45, 7) is 1.50. The Kier molecular flexibility index (Phi) is 7.52. The Balaban J connectivity index is 1.49. The molecule has 8 nitrogen and oxygen atoms in total. The van der Waals surface area contributed by atoms with Crippen molar-refractivity contribution in [3.05, 3.63) is 53.6 Å². The van der Waals surface area contributed by atoms with Gasteiger partial charge in [-0.2, -0.15) is 5.10 Å². The van der Waals surface area contributed by atoms with Crippen molar-refractivity contribution in [2.45, 2.75) is 45.3 Å². The largest absolute Gasteiger partial charge is 0.493 e. The van der Waals surface area contributed by atoms with E-state index in [4.69, 9.17) is 9.47 Å². The summed E-state index contributed by atoms with van der Waals surface area (Å²) in [5.41, 5.74) is 3.04. The molecule has 0 unspecified atom stereocenters. The third-order valence-electron chi connectivity index (χ3n) is 5.74. The van der Waals surface area contributed by atoms with Crippen LogP contribution in [0.5, 0.6) is 11.5 Å². The zero-order chi connectivity index (χ0) is 24.1. The molecule has 0 bridgehead atoms. The Labute approximate surface area is 202 Å². The fourth-order valence-electron chi connectivity index (χ4n) is 3.88. The van der Waals surface area contributed by atoms with Crippen molar-refractivity contribution >= 4 is 40.1 Å². The average molecular weight is 482 g/mol. The summed E-state index contributed by atoms with van der Waals surface area (Å²) in [5.74, 6) is 0.633. The minimum Gasteiger partial charge on any atom is -0.493 e. The number of anilines is 1. The number of nitrogens with zero attached hydrogens (tertiary/aromatic N) is 2. The van der Waals surface area contributed by atoms with E-state index in [2.05, 4.69) is 10.4 Å². The minimum absolute atomic E-state index is 0.131. The van der Waals surface area contributed by atoms with Gasteiger partial charge < -0.3 is 14.8 Å². The summed E-state index contributed by atoms with van der Waals surface area (Å²) in [4.78, 5) is 35.2. The lowest BCUT2D eigenvalue weighted by Crippen LogP contribution is -2.29. The van der Waals surface area contributed by atoms with Crippen LogP contribution in [0, 0.1) is 0 Å². The topological polar surface area (TPSA) is 97.3 Å². The number of ether oxygens (including phenoxy) is 2. The van der Waals surface area contributed by atoms with Crippen LogP contribution in [0.3, 0.4) is 0 Å². The molecule has 0 aromatic heterocycles. The molecule has 2 amide bonds. The molecule has 2 aromatic rings. The highest BCUT2D eigenvalue weighted by molar-refractivity contribution is 8.14. The smallest absolute Gasteiger partial charge is 0.302 e. The first-order valence-electron chi connectivity index (χ1n) is 11.2. The van der Waals surface area contributed by atoms with Crippen molar-refractivity contribution in [2.75, 3.05) is 18.2 Å². The number of carbonyl (C=O) groups excluding carboxylic acids is 3. The molecule has 2 aromatic carbocycles. The lowest BCUT2D eigenvalue weighted by molar-refractivity contribution is -0.133. The molecule has 0 radical (unpaired) electrons. The van der Waals surface area contributed by atoms with Crippen molar-refractivity contribution in [1.82, 2.24) is 5.01 Å². The maximum atomic E-state index is 12.5. The molecule has 1 saturated carbocycles. The molecule has 4 rings (SSSR count). The maximum absolute atomic E-state index is 12.5. The maximum Gasteiger partial charge on any atom is 0.302 e. The Bertz CT molecular complexity index is 1110. The number of thioether (sulfide) groups is 1.